The van der Waals surface area contributed by atoms with Crippen molar-refractivity contribution in [2.24, 2.45) is 0 Å². The van der Waals surface area contributed by atoms with Crippen molar-refractivity contribution in [3.63, 3.8) is 0 Å². The van der Waals surface area contributed by atoms with Gasteiger partial charge in [-0.15, -0.1) is 0 Å². The Morgan fingerprint density at radius 2 is 1.83 bits per heavy atom. The molecule has 0 unspecified atom stereocenters. The van der Waals surface area contributed by atoms with Crippen LogP contribution < -0.4 is 10.2 Å². The summed E-state index contributed by atoms with van der Waals surface area (Å²) in [6, 6.07) is 6.66. The molecule has 1 aromatic carbocycles. The van der Waals surface area contributed by atoms with E-state index in [-0.39, 0.29) is 17.4 Å². The number of benzene rings is 1. The van der Waals surface area contributed by atoms with E-state index in [0.29, 0.717) is 18.5 Å². The smallest absolute Gasteiger partial charge is 0.338 e. The van der Waals surface area contributed by atoms with Crippen LogP contribution in [0.25, 0.3) is 0 Å². The Labute approximate surface area is 142 Å². The number of nitrogens with zero attached hydrogens (tertiary/aromatic N) is 1. The van der Waals surface area contributed by atoms with Gasteiger partial charge in [-0.2, -0.15) is 0 Å². The number of rotatable bonds is 4. The van der Waals surface area contributed by atoms with Gasteiger partial charge in [0, 0.05) is 24.2 Å². The minimum absolute atomic E-state index is 0.0952. The first kappa shape index (κ1) is 18.0. The fourth-order valence-corrected chi connectivity index (χ4v) is 2.45. The maximum absolute atomic E-state index is 12.1. The van der Waals surface area contributed by atoms with Crippen molar-refractivity contribution in [1.29, 1.82) is 0 Å². The molecule has 1 saturated heterocycles. The quantitative estimate of drug-likeness (QED) is 0.858. The molecule has 1 heterocycles. The molecule has 0 bridgehead atoms. The van der Waals surface area contributed by atoms with Crippen LogP contribution in [0.4, 0.5) is 5.69 Å². The number of hydrogen-bond acceptors (Lipinski definition) is 4. The van der Waals surface area contributed by atoms with Crippen molar-refractivity contribution < 1.29 is 19.1 Å². The lowest BCUT2D eigenvalue weighted by Crippen LogP contribution is -2.46. The van der Waals surface area contributed by atoms with Gasteiger partial charge in [-0.3, -0.25) is 9.59 Å². The van der Waals surface area contributed by atoms with Crippen LogP contribution in [-0.4, -0.2) is 36.0 Å². The van der Waals surface area contributed by atoms with E-state index in [0.717, 1.165) is 12.1 Å². The Balaban J connectivity index is 1.97. The van der Waals surface area contributed by atoms with Crippen LogP contribution in [0, 0.1) is 0 Å². The Hall–Kier alpha value is -2.37. The van der Waals surface area contributed by atoms with Gasteiger partial charge in [-0.05, 0) is 58.4 Å². The minimum atomic E-state index is -0.878. The SMILES string of the molecule is C[C@H](OC(=O)c1ccc(N2CCCC2=O)cc1)C(=O)NC(C)(C)C. The Kier molecular flexibility index (Phi) is 5.26. The van der Waals surface area contributed by atoms with E-state index in [4.69, 9.17) is 4.74 Å². The lowest BCUT2D eigenvalue weighted by Gasteiger charge is -2.23. The molecule has 130 valence electrons. The predicted molar refractivity (Wildman–Crippen MR) is 90.8 cm³/mol. The summed E-state index contributed by atoms with van der Waals surface area (Å²) in [5.41, 5.74) is 0.732. The summed E-state index contributed by atoms with van der Waals surface area (Å²) in [6.45, 7) is 7.82. The van der Waals surface area contributed by atoms with E-state index in [1.807, 2.05) is 20.8 Å². The third kappa shape index (κ3) is 4.57. The molecule has 1 aliphatic rings. The maximum atomic E-state index is 12.1. The molecule has 0 radical (unpaired) electrons. The molecular weight excluding hydrogens is 308 g/mol. The number of carbonyl (C=O) groups is 3. The molecule has 2 rings (SSSR count). The highest BCUT2D eigenvalue weighted by Crippen LogP contribution is 2.22. The summed E-state index contributed by atoms with van der Waals surface area (Å²) >= 11 is 0. The fourth-order valence-electron chi connectivity index (χ4n) is 2.45. The van der Waals surface area contributed by atoms with Gasteiger partial charge in [-0.1, -0.05) is 0 Å². The maximum Gasteiger partial charge on any atom is 0.338 e. The molecule has 0 aromatic heterocycles. The molecule has 1 N–H and O–H groups in total. The van der Waals surface area contributed by atoms with Crippen LogP contribution in [0.2, 0.25) is 0 Å². The lowest BCUT2D eigenvalue weighted by molar-refractivity contribution is -0.130. The number of amides is 2. The van der Waals surface area contributed by atoms with Crippen molar-refractivity contribution in [2.45, 2.75) is 52.2 Å². The molecule has 6 heteroatoms. The molecule has 6 nitrogen and oxygen atoms in total. The number of esters is 1. The van der Waals surface area contributed by atoms with Crippen LogP contribution >= 0.6 is 0 Å². The molecular formula is C18H24N2O4. The monoisotopic (exact) mass is 332 g/mol. The summed E-state index contributed by atoms with van der Waals surface area (Å²) in [5, 5.41) is 2.77. The number of nitrogens with one attached hydrogen (secondary N) is 1. The van der Waals surface area contributed by atoms with Gasteiger partial charge in [0.15, 0.2) is 6.10 Å². The number of hydrogen-bond donors (Lipinski definition) is 1. The molecule has 1 fully saturated rings. The van der Waals surface area contributed by atoms with Crippen molar-refractivity contribution in [3.05, 3.63) is 29.8 Å². The van der Waals surface area contributed by atoms with E-state index in [1.54, 1.807) is 29.2 Å². The van der Waals surface area contributed by atoms with Gasteiger partial charge in [0.05, 0.1) is 5.56 Å². The van der Waals surface area contributed by atoms with E-state index >= 15 is 0 Å². The second kappa shape index (κ2) is 7.03. The van der Waals surface area contributed by atoms with Gasteiger partial charge >= 0.3 is 5.97 Å². The summed E-state index contributed by atoms with van der Waals surface area (Å²) in [6.07, 6.45) is 0.532. The summed E-state index contributed by atoms with van der Waals surface area (Å²) in [7, 11) is 0. The van der Waals surface area contributed by atoms with Crippen molar-refractivity contribution in [2.75, 3.05) is 11.4 Å². The van der Waals surface area contributed by atoms with Gasteiger partial charge in [0.1, 0.15) is 0 Å². The summed E-state index contributed by atoms with van der Waals surface area (Å²) < 4.78 is 5.20. The van der Waals surface area contributed by atoms with Gasteiger partial charge < -0.3 is 15.0 Å². The zero-order valence-corrected chi connectivity index (χ0v) is 14.6. The van der Waals surface area contributed by atoms with Crippen LogP contribution in [0.15, 0.2) is 24.3 Å². The third-order valence-electron chi connectivity index (χ3n) is 3.64. The number of anilines is 1. The van der Waals surface area contributed by atoms with Crippen LogP contribution in [0.3, 0.4) is 0 Å². The first-order valence-corrected chi connectivity index (χ1v) is 8.11. The van der Waals surface area contributed by atoms with Crippen molar-refractivity contribution in [3.8, 4) is 0 Å². The van der Waals surface area contributed by atoms with Crippen LogP contribution in [-0.2, 0) is 14.3 Å². The molecule has 1 aliphatic heterocycles. The molecule has 0 spiro atoms. The van der Waals surface area contributed by atoms with Crippen molar-refractivity contribution in [1.82, 2.24) is 5.32 Å². The summed E-state index contributed by atoms with van der Waals surface area (Å²) in [4.78, 5) is 37.5. The standard InChI is InChI=1S/C18H24N2O4/c1-12(16(22)19-18(2,3)4)24-17(23)13-7-9-14(10-8-13)20-11-5-6-15(20)21/h7-10,12H,5-6,11H2,1-4H3,(H,19,22)/t12-/m0/s1. The fraction of sp³-hybridized carbons (Fsp3) is 0.500. The second-order valence-electron chi connectivity index (χ2n) is 6.98. The highest BCUT2D eigenvalue weighted by molar-refractivity contribution is 5.96. The minimum Gasteiger partial charge on any atom is -0.449 e. The molecule has 1 aromatic rings. The molecule has 0 saturated carbocycles. The first-order valence-electron chi connectivity index (χ1n) is 8.11. The zero-order valence-electron chi connectivity index (χ0n) is 14.6. The van der Waals surface area contributed by atoms with E-state index in [9.17, 15) is 14.4 Å². The van der Waals surface area contributed by atoms with Gasteiger partial charge in [-0.25, -0.2) is 4.79 Å². The van der Waals surface area contributed by atoms with Crippen LogP contribution in [0.1, 0.15) is 50.9 Å². The lowest BCUT2D eigenvalue weighted by atomic mass is 10.1. The average Bonchev–Trinajstić information content (AvgIpc) is 2.91. The topological polar surface area (TPSA) is 75.7 Å². The molecule has 1 atom stereocenters. The second-order valence-corrected chi connectivity index (χ2v) is 6.98. The third-order valence-corrected chi connectivity index (χ3v) is 3.64. The Morgan fingerprint density at radius 1 is 1.21 bits per heavy atom. The van der Waals surface area contributed by atoms with E-state index in [2.05, 4.69) is 5.32 Å². The first-order chi connectivity index (χ1) is 11.2. The summed E-state index contributed by atoms with van der Waals surface area (Å²) in [5.74, 6) is -0.807. The van der Waals surface area contributed by atoms with E-state index < -0.39 is 12.1 Å². The Bertz CT molecular complexity index is 631. The van der Waals surface area contributed by atoms with Crippen LogP contribution in [0.5, 0.6) is 0 Å². The van der Waals surface area contributed by atoms with Crippen molar-refractivity contribution >= 4 is 23.5 Å². The predicted octanol–water partition coefficient (Wildman–Crippen LogP) is 2.27. The average molecular weight is 332 g/mol. The largest absolute Gasteiger partial charge is 0.449 e. The Morgan fingerprint density at radius 3 is 2.33 bits per heavy atom. The zero-order chi connectivity index (χ0) is 17.9. The normalized spacial score (nSPS) is 16.0. The highest BCUT2D eigenvalue weighted by Gasteiger charge is 2.24. The van der Waals surface area contributed by atoms with E-state index in [1.165, 1.54) is 6.92 Å². The molecule has 0 aliphatic carbocycles. The van der Waals surface area contributed by atoms with Gasteiger partial charge in [0.2, 0.25) is 5.91 Å². The van der Waals surface area contributed by atoms with Gasteiger partial charge in [0.25, 0.3) is 5.91 Å². The highest BCUT2D eigenvalue weighted by atomic mass is 16.5. The molecule has 24 heavy (non-hydrogen) atoms. The number of ether oxygens (including phenoxy) is 1. The molecule has 2 amide bonds. The number of carbonyl (C=O) groups excluding carboxylic acids is 3.